The van der Waals surface area contributed by atoms with Crippen LogP contribution in [0, 0.1) is 0 Å². The van der Waals surface area contributed by atoms with Crippen LogP contribution in [-0.2, 0) is 17.9 Å². The monoisotopic (exact) mass is 290 g/mol. The molecule has 1 aromatic heterocycles. The summed E-state index contributed by atoms with van der Waals surface area (Å²) in [6.07, 6.45) is 0. The number of rotatable bonds is 6. The van der Waals surface area contributed by atoms with Crippen LogP contribution in [-0.4, -0.2) is 29.2 Å². The average Bonchev–Trinajstić information content (AvgIpc) is 2.94. The second-order valence-corrected chi connectivity index (χ2v) is 4.30. The lowest BCUT2D eigenvalue weighted by atomic mass is 10.1. The molecule has 2 aromatic rings. The maximum absolute atomic E-state index is 11.9. The lowest BCUT2D eigenvalue weighted by molar-refractivity contribution is 0.0696. The summed E-state index contributed by atoms with van der Waals surface area (Å²) in [4.78, 5) is 22.7. The molecule has 0 aliphatic heterocycles. The molecule has 7 nitrogen and oxygen atoms in total. The number of ether oxygens (including phenoxy) is 1. The van der Waals surface area contributed by atoms with E-state index >= 15 is 0 Å². The van der Waals surface area contributed by atoms with Crippen molar-refractivity contribution in [3.8, 4) is 0 Å². The number of nitrogens with zero attached hydrogens (tertiary/aromatic N) is 1. The van der Waals surface area contributed by atoms with Crippen LogP contribution in [0.2, 0.25) is 0 Å². The minimum Gasteiger partial charge on any atom is -0.478 e. The Morgan fingerprint density at radius 3 is 2.90 bits per heavy atom. The van der Waals surface area contributed by atoms with Crippen molar-refractivity contribution in [3.05, 3.63) is 52.9 Å². The van der Waals surface area contributed by atoms with Crippen LogP contribution in [0.5, 0.6) is 0 Å². The number of aromatic carboxylic acids is 1. The molecule has 0 saturated carbocycles. The van der Waals surface area contributed by atoms with Gasteiger partial charge in [0.05, 0.1) is 5.56 Å². The van der Waals surface area contributed by atoms with Crippen molar-refractivity contribution in [1.29, 1.82) is 0 Å². The first-order valence-electron chi connectivity index (χ1n) is 6.15. The Morgan fingerprint density at radius 2 is 2.19 bits per heavy atom. The Labute approximate surface area is 120 Å². The molecule has 0 bridgehead atoms. The van der Waals surface area contributed by atoms with Crippen molar-refractivity contribution in [2.75, 3.05) is 7.11 Å². The summed E-state index contributed by atoms with van der Waals surface area (Å²) in [6, 6.07) is 7.83. The van der Waals surface area contributed by atoms with Crippen LogP contribution >= 0.6 is 0 Å². The third kappa shape index (κ3) is 3.90. The fourth-order valence-corrected chi connectivity index (χ4v) is 1.72. The van der Waals surface area contributed by atoms with E-state index in [0.717, 1.165) is 0 Å². The molecule has 21 heavy (non-hydrogen) atoms. The smallest absolute Gasteiger partial charge is 0.335 e. The van der Waals surface area contributed by atoms with Gasteiger partial charge in [-0.3, -0.25) is 4.79 Å². The molecule has 0 aliphatic rings. The fraction of sp³-hybridized carbons (Fsp3) is 0.214. The van der Waals surface area contributed by atoms with Crippen molar-refractivity contribution < 1.29 is 24.0 Å². The molecule has 1 aromatic carbocycles. The topological polar surface area (TPSA) is 102 Å². The zero-order valence-corrected chi connectivity index (χ0v) is 11.3. The van der Waals surface area contributed by atoms with Crippen LogP contribution in [0.4, 0.5) is 0 Å². The van der Waals surface area contributed by atoms with Crippen LogP contribution in [0.3, 0.4) is 0 Å². The second kappa shape index (κ2) is 6.67. The third-order valence-electron chi connectivity index (χ3n) is 2.71. The zero-order valence-electron chi connectivity index (χ0n) is 11.3. The molecule has 1 heterocycles. The predicted octanol–water partition coefficient (Wildman–Crippen LogP) is 1.45. The largest absolute Gasteiger partial charge is 0.478 e. The highest BCUT2D eigenvalue weighted by Gasteiger charge is 2.12. The lowest BCUT2D eigenvalue weighted by Crippen LogP contribution is -2.23. The molecule has 1 amide bonds. The van der Waals surface area contributed by atoms with Crippen LogP contribution in [0.1, 0.15) is 32.2 Å². The summed E-state index contributed by atoms with van der Waals surface area (Å²) >= 11 is 0. The number of carbonyl (C=O) groups excluding carboxylic acids is 1. The van der Waals surface area contributed by atoms with Gasteiger partial charge in [-0.15, -0.1) is 0 Å². The highest BCUT2D eigenvalue weighted by atomic mass is 16.5. The van der Waals surface area contributed by atoms with E-state index < -0.39 is 11.9 Å². The molecule has 0 spiro atoms. The summed E-state index contributed by atoms with van der Waals surface area (Å²) < 4.78 is 9.78. The molecule has 0 radical (unpaired) electrons. The maximum atomic E-state index is 11.9. The molecule has 2 rings (SSSR count). The first-order valence-corrected chi connectivity index (χ1v) is 6.15. The minimum atomic E-state index is -1.01. The summed E-state index contributed by atoms with van der Waals surface area (Å²) in [5.74, 6) is -0.957. The van der Waals surface area contributed by atoms with E-state index in [9.17, 15) is 9.59 Å². The van der Waals surface area contributed by atoms with E-state index in [1.807, 2.05) is 0 Å². The van der Waals surface area contributed by atoms with Crippen LogP contribution < -0.4 is 5.32 Å². The van der Waals surface area contributed by atoms with Gasteiger partial charge in [-0.2, -0.15) is 0 Å². The SMILES string of the molecule is COCc1cc(C(=O)NCc2cccc(C(=O)O)c2)no1. The molecular weight excluding hydrogens is 276 g/mol. The lowest BCUT2D eigenvalue weighted by Gasteiger charge is -2.04. The van der Waals surface area contributed by atoms with Crippen molar-refractivity contribution in [2.45, 2.75) is 13.2 Å². The summed E-state index contributed by atoms with van der Waals surface area (Å²) in [5.41, 5.74) is 1.01. The van der Waals surface area contributed by atoms with Gasteiger partial charge in [-0.05, 0) is 17.7 Å². The maximum Gasteiger partial charge on any atom is 0.335 e. The molecule has 110 valence electrons. The second-order valence-electron chi connectivity index (χ2n) is 4.30. The number of methoxy groups -OCH3 is 1. The van der Waals surface area contributed by atoms with Gasteiger partial charge in [-0.1, -0.05) is 17.3 Å². The number of benzene rings is 1. The van der Waals surface area contributed by atoms with Gasteiger partial charge in [-0.25, -0.2) is 4.79 Å². The number of nitrogens with one attached hydrogen (secondary N) is 1. The molecule has 2 N–H and O–H groups in total. The number of hydrogen-bond acceptors (Lipinski definition) is 5. The van der Waals surface area contributed by atoms with Crippen molar-refractivity contribution >= 4 is 11.9 Å². The summed E-state index contributed by atoms with van der Waals surface area (Å²) in [6.45, 7) is 0.438. The van der Waals surface area contributed by atoms with Gasteiger partial charge in [0, 0.05) is 19.7 Å². The predicted molar refractivity (Wildman–Crippen MR) is 71.8 cm³/mol. The quantitative estimate of drug-likeness (QED) is 0.835. The normalized spacial score (nSPS) is 10.3. The first-order chi connectivity index (χ1) is 10.1. The van der Waals surface area contributed by atoms with Gasteiger partial charge < -0.3 is 19.7 Å². The third-order valence-corrected chi connectivity index (χ3v) is 2.71. The average molecular weight is 290 g/mol. The standard InChI is InChI=1S/C14H14N2O5/c1-20-8-11-6-12(16-21-11)13(17)15-7-9-3-2-4-10(5-9)14(18)19/h2-6H,7-8H2,1H3,(H,15,17)(H,18,19). The summed E-state index contributed by atoms with van der Waals surface area (Å²) in [5, 5.41) is 15.2. The van der Waals surface area contributed by atoms with Crippen LogP contribution in [0.15, 0.2) is 34.9 Å². The van der Waals surface area contributed by atoms with Gasteiger partial charge in [0.15, 0.2) is 11.5 Å². The highest BCUT2D eigenvalue weighted by Crippen LogP contribution is 2.07. The Bertz CT molecular complexity index is 650. The molecule has 0 unspecified atom stereocenters. The molecule has 0 fully saturated rings. The van der Waals surface area contributed by atoms with E-state index in [1.165, 1.54) is 25.3 Å². The van der Waals surface area contributed by atoms with Crippen LogP contribution in [0.25, 0.3) is 0 Å². The molecule has 7 heteroatoms. The van der Waals surface area contributed by atoms with Gasteiger partial charge >= 0.3 is 5.97 Å². The number of hydrogen-bond donors (Lipinski definition) is 2. The van der Waals surface area contributed by atoms with Gasteiger partial charge in [0.2, 0.25) is 0 Å². The number of amides is 1. The van der Waals surface area contributed by atoms with E-state index in [0.29, 0.717) is 11.3 Å². The molecule has 0 atom stereocenters. The fourth-order valence-electron chi connectivity index (χ4n) is 1.72. The van der Waals surface area contributed by atoms with Gasteiger partial charge in [0.25, 0.3) is 5.91 Å². The minimum absolute atomic E-state index is 0.149. The summed E-state index contributed by atoms with van der Waals surface area (Å²) in [7, 11) is 1.51. The van der Waals surface area contributed by atoms with E-state index in [1.54, 1.807) is 12.1 Å². The van der Waals surface area contributed by atoms with Crippen molar-refractivity contribution in [3.63, 3.8) is 0 Å². The van der Waals surface area contributed by atoms with Crippen molar-refractivity contribution in [2.24, 2.45) is 0 Å². The Morgan fingerprint density at radius 1 is 1.38 bits per heavy atom. The Balaban J connectivity index is 1.97. The van der Waals surface area contributed by atoms with Gasteiger partial charge in [0.1, 0.15) is 6.61 Å². The van der Waals surface area contributed by atoms with E-state index in [4.69, 9.17) is 14.4 Å². The van der Waals surface area contributed by atoms with E-state index in [-0.39, 0.29) is 24.4 Å². The number of carboxylic acids is 1. The Kier molecular flexibility index (Phi) is 4.68. The Hall–Kier alpha value is -2.67. The number of carboxylic acid groups (broad SMARTS) is 1. The number of aromatic nitrogens is 1. The number of carbonyl (C=O) groups is 2. The van der Waals surface area contributed by atoms with E-state index in [2.05, 4.69) is 10.5 Å². The molecule has 0 saturated heterocycles. The molecule has 0 aliphatic carbocycles. The molecular formula is C14H14N2O5. The zero-order chi connectivity index (χ0) is 15.2. The first kappa shape index (κ1) is 14.7. The van der Waals surface area contributed by atoms with Crippen molar-refractivity contribution in [1.82, 2.24) is 10.5 Å². The highest BCUT2D eigenvalue weighted by molar-refractivity contribution is 5.92.